The lowest BCUT2D eigenvalue weighted by Gasteiger charge is -2.44. The van der Waals surface area contributed by atoms with Crippen LogP contribution in [0.3, 0.4) is 0 Å². The Morgan fingerprint density at radius 2 is 1.61 bits per heavy atom. The second kappa shape index (κ2) is 13.9. The highest BCUT2D eigenvalue weighted by Crippen LogP contribution is 2.45. The number of hydrogen-bond donors (Lipinski definition) is 2. The number of carboxylic acid groups (broad SMARTS) is 2. The van der Waals surface area contributed by atoms with Crippen molar-refractivity contribution >= 4 is 23.3 Å². The number of hydrogen-bond acceptors (Lipinski definition) is 6. The maximum atomic E-state index is 10.6. The fourth-order valence-electron chi connectivity index (χ4n) is 5.12. The number of carbonyl (C=O) groups is 2. The van der Waals surface area contributed by atoms with E-state index in [2.05, 4.69) is 26.6 Å². The first kappa shape index (κ1) is 32.3. The van der Waals surface area contributed by atoms with Gasteiger partial charge in [0.2, 0.25) is 0 Å². The highest BCUT2D eigenvalue weighted by atomic mass is 32.1. The standard InChI is InChI=1S/C20H32N2OS.2C2HF3O2/c1-23-14-19-13-22(12-18-5-10-24-15-18)16-20(19)6-8-21(9-7-20)11-17-3-2-4-17;2*3-2(4,5)1(6)7/h5,10,15,17,19H,2-4,6-9,11-14,16H2,1H3;2*(H,6,7). The molecule has 0 bridgehead atoms. The van der Waals surface area contributed by atoms with E-state index >= 15 is 0 Å². The Labute approximate surface area is 221 Å². The van der Waals surface area contributed by atoms with Crippen LogP contribution in [0.2, 0.25) is 0 Å². The van der Waals surface area contributed by atoms with E-state index in [1.54, 1.807) is 0 Å². The Morgan fingerprint density at radius 3 is 2.00 bits per heavy atom. The smallest absolute Gasteiger partial charge is 0.475 e. The molecular weight excluding hydrogens is 542 g/mol. The molecule has 1 aliphatic carbocycles. The molecule has 1 unspecified atom stereocenters. The SMILES string of the molecule is COCC1CN(Cc2ccsc2)CC12CCN(CC1CCC1)CC2.O=C(O)C(F)(F)F.O=C(O)C(F)(F)F. The fraction of sp³-hybridized carbons (Fsp3) is 0.750. The van der Waals surface area contributed by atoms with E-state index in [-0.39, 0.29) is 0 Å². The van der Waals surface area contributed by atoms with Crippen molar-refractivity contribution in [3.05, 3.63) is 22.4 Å². The summed E-state index contributed by atoms with van der Waals surface area (Å²) in [6.07, 6.45) is -3.01. The average Bonchev–Trinajstić information content (AvgIpc) is 3.40. The molecule has 2 saturated heterocycles. The third kappa shape index (κ3) is 10.0. The quantitative estimate of drug-likeness (QED) is 0.462. The molecule has 4 rings (SSSR count). The van der Waals surface area contributed by atoms with E-state index in [4.69, 9.17) is 24.5 Å². The number of alkyl halides is 6. The topological polar surface area (TPSA) is 90.3 Å². The number of halogens is 6. The van der Waals surface area contributed by atoms with E-state index in [9.17, 15) is 26.3 Å². The van der Waals surface area contributed by atoms with Crippen LogP contribution in [0.1, 0.15) is 37.7 Å². The van der Waals surface area contributed by atoms with Crippen molar-refractivity contribution < 1.29 is 50.9 Å². The van der Waals surface area contributed by atoms with Gasteiger partial charge in [-0.2, -0.15) is 37.7 Å². The molecule has 0 aromatic carbocycles. The second-order valence-corrected chi connectivity index (χ2v) is 10.8. The lowest BCUT2D eigenvalue weighted by Crippen LogP contribution is -2.46. The summed E-state index contributed by atoms with van der Waals surface area (Å²) < 4.78 is 69.1. The molecule has 1 saturated carbocycles. The zero-order chi connectivity index (χ0) is 28.6. The molecule has 0 amide bonds. The van der Waals surface area contributed by atoms with Gasteiger partial charge in [0.25, 0.3) is 0 Å². The predicted molar refractivity (Wildman–Crippen MR) is 128 cm³/mol. The van der Waals surface area contributed by atoms with Crippen molar-refractivity contribution in [2.75, 3.05) is 46.4 Å². The molecule has 1 aromatic heterocycles. The third-order valence-corrected chi connectivity index (χ3v) is 8.05. The van der Waals surface area contributed by atoms with E-state index in [0.717, 1.165) is 19.1 Å². The zero-order valence-electron chi connectivity index (χ0n) is 21.1. The number of carboxylic acids is 2. The number of ether oxygens (including phenoxy) is 1. The average molecular weight is 577 g/mol. The van der Waals surface area contributed by atoms with Gasteiger partial charge in [0.15, 0.2) is 0 Å². The van der Waals surface area contributed by atoms with Gasteiger partial charge in [-0.25, -0.2) is 9.59 Å². The van der Waals surface area contributed by atoms with Crippen molar-refractivity contribution in [2.24, 2.45) is 17.3 Å². The normalized spacial score (nSPS) is 22.1. The van der Waals surface area contributed by atoms with Gasteiger partial charge in [0, 0.05) is 39.2 Å². The third-order valence-electron chi connectivity index (χ3n) is 7.32. The summed E-state index contributed by atoms with van der Waals surface area (Å²) in [5.41, 5.74) is 1.98. The van der Waals surface area contributed by atoms with E-state index < -0.39 is 24.3 Å². The van der Waals surface area contributed by atoms with Crippen molar-refractivity contribution in [1.82, 2.24) is 9.80 Å². The zero-order valence-corrected chi connectivity index (χ0v) is 21.9. The minimum Gasteiger partial charge on any atom is -0.475 e. The first-order valence-electron chi connectivity index (χ1n) is 12.2. The number of nitrogens with zero attached hydrogens (tertiary/aromatic N) is 2. The van der Waals surface area contributed by atoms with E-state index in [0.29, 0.717) is 11.3 Å². The maximum Gasteiger partial charge on any atom is 0.490 e. The van der Waals surface area contributed by atoms with Gasteiger partial charge in [-0.15, -0.1) is 0 Å². The number of aliphatic carboxylic acids is 2. The Balaban J connectivity index is 0.000000301. The predicted octanol–water partition coefficient (Wildman–Crippen LogP) is 4.98. The summed E-state index contributed by atoms with van der Waals surface area (Å²) >= 11 is 1.82. The molecule has 0 radical (unpaired) electrons. The van der Waals surface area contributed by atoms with Gasteiger partial charge in [0.05, 0.1) is 6.61 Å². The van der Waals surface area contributed by atoms with Gasteiger partial charge in [0.1, 0.15) is 0 Å². The summed E-state index contributed by atoms with van der Waals surface area (Å²) in [5.74, 6) is -3.79. The first-order chi connectivity index (χ1) is 17.7. The molecule has 1 atom stereocenters. The first-order valence-corrected chi connectivity index (χ1v) is 13.2. The lowest BCUT2D eigenvalue weighted by atomic mass is 9.71. The lowest BCUT2D eigenvalue weighted by molar-refractivity contribution is -0.193. The molecule has 3 fully saturated rings. The van der Waals surface area contributed by atoms with Crippen molar-refractivity contribution in [3.63, 3.8) is 0 Å². The van der Waals surface area contributed by atoms with Crippen LogP contribution in [0.25, 0.3) is 0 Å². The second-order valence-electron chi connectivity index (χ2n) is 10.0. The van der Waals surface area contributed by atoms with E-state index in [1.165, 1.54) is 70.4 Å². The molecular formula is C24H34F6N2O5S. The van der Waals surface area contributed by atoms with Gasteiger partial charge in [-0.05, 0) is 72.5 Å². The van der Waals surface area contributed by atoms with Gasteiger partial charge >= 0.3 is 24.3 Å². The summed E-state index contributed by atoms with van der Waals surface area (Å²) in [6.45, 7) is 8.52. The highest BCUT2D eigenvalue weighted by Gasteiger charge is 2.48. The van der Waals surface area contributed by atoms with Crippen molar-refractivity contribution in [1.29, 1.82) is 0 Å². The van der Waals surface area contributed by atoms with Crippen LogP contribution >= 0.6 is 11.3 Å². The Morgan fingerprint density at radius 1 is 1.05 bits per heavy atom. The molecule has 38 heavy (non-hydrogen) atoms. The molecule has 14 heteroatoms. The molecule has 3 aliphatic rings. The van der Waals surface area contributed by atoms with Gasteiger partial charge in [-0.3, -0.25) is 4.90 Å². The van der Waals surface area contributed by atoms with Crippen LogP contribution in [0, 0.1) is 17.3 Å². The summed E-state index contributed by atoms with van der Waals surface area (Å²) in [6, 6.07) is 2.28. The minimum atomic E-state index is -5.08. The van der Waals surface area contributed by atoms with Crippen LogP contribution in [0.5, 0.6) is 0 Å². The van der Waals surface area contributed by atoms with Crippen molar-refractivity contribution in [2.45, 2.75) is 51.0 Å². The van der Waals surface area contributed by atoms with Crippen LogP contribution in [0.15, 0.2) is 16.8 Å². The summed E-state index contributed by atoms with van der Waals surface area (Å²) in [5, 5.41) is 18.8. The molecule has 1 aromatic rings. The van der Waals surface area contributed by atoms with Crippen LogP contribution < -0.4 is 0 Å². The number of likely N-dealkylation sites (tertiary alicyclic amines) is 2. The monoisotopic (exact) mass is 576 g/mol. The minimum absolute atomic E-state index is 0.502. The molecule has 3 heterocycles. The largest absolute Gasteiger partial charge is 0.490 e. The van der Waals surface area contributed by atoms with Gasteiger partial charge < -0.3 is 19.8 Å². The fourth-order valence-corrected chi connectivity index (χ4v) is 5.78. The maximum absolute atomic E-state index is 10.6. The van der Waals surface area contributed by atoms with Gasteiger partial charge in [-0.1, -0.05) is 6.42 Å². The Bertz CT molecular complexity index is 845. The molecule has 2 N–H and O–H groups in total. The Hall–Kier alpha value is -1.90. The summed E-state index contributed by atoms with van der Waals surface area (Å²) in [4.78, 5) is 23.2. The Kier molecular flexibility index (Phi) is 11.9. The number of thiophene rings is 1. The molecule has 7 nitrogen and oxygen atoms in total. The molecule has 218 valence electrons. The number of piperidine rings is 1. The molecule has 2 aliphatic heterocycles. The van der Waals surface area contributed by atoms with Crippen LogP contribution in [-0.2, 0) is 20.9 Å². The van der Waals surface area contributed by atoms with E-state index in [1.807, 2.05) is 18.4 Å². The number of rotatable bonds is 6. The van der Waals surface area contributed by atoms with Crippen molar-refractivity contribution in [3.8, 4) is 0 Å². The number of methoxy groups -OCH3 is 1. The van der Waals surface area contributed by atoms with Crippen LogP contribution in [0.4, 0.5) is 26.3 Å². The molecule has 1 spiro atoms. The van der Waals surface area contributed by atoms with Crippen LogP contribution in [-0.4, -0.2) is 90.7 Å². The summed E-state index contributed by atoms with van der Waals surface area (Å²) in [7, 11) is 1.88. The highest BCUT2D eigenvalue weighted by molar-refractivity contribution is 7.07.